The van der Waals surface area contributed by atoms with Gasteiger partial charge in [-0.1, -0.05) is 400 Å². The molecule has 0 spiro atoms. The van der Waals surface area contributed by atoms with E-state index in [1.54, 1.807) is 0 Å². The molecule has 0 amide bonds. The Labute approximate surface area is 656 Å². The molecule has 114 heavy (non-hydrogen) atoms. The highest BCUT2D eigenvalue weighted by molar-refractivity contribution is 6.31. The summed E-state index contributed by atoms with van der Waals surface area (Å²) in [6, 6.07) is 124. The average molecular weight is 1440 g/mol. The average Bonchev–Trinajstić information content (AvgIpc) is 0.764. The van der Waals surface area contributed by atoms with Crippen LogP contribution in [-0.4, -0.2) is 0 Å². The van der Waals surface area contributed by atoms with Gasteiger partial charge in [0, 0.05) is 0 Å². The predicted molar refractivity (Wildman–Crippen MR) is 501 cm³/mol. The monoisotopic (exact) mass is 1430 g/mol. The second kappa shape index (κ2) is 24.3. The van der Waals surface area contributed by atoms with Crippen molar-refractivity contribution in [2.75, 3.05) is 0 Å². The molecule has 0 atom stereocenters. The summed E-state index contributed by atoms with van der Waals surface area (Å²) in [5.74, 6) is 0. The molecule has 0 bridgehead atoms. The van der Waals surface area contributed by atoms with Crippen LogP contribution in [0.15, 0.2) is 328 Å². The van der Waals surface area contributed by atoms with E-state index in [2.05, 4.69) is 400 Å². The quantitative estimate of drug-likeness (QED) is 0.0845. The molecule has 0 heterocycles. The van der Waals surface area contributed by atoms with Crippen molar-refractivity contribution < 1.29 is 0 Å². The van der Waals surface area contributed by atoms with E-state index in [9.17, 15) is 0 Å². The Balaban J connectivity index is 0.833. The van der Waals surface area contributed by atoms with Crippen molar-refractivity contribution in [3.8, 4) is 0 Å². The van der Waals surface area contributed by atoms with E-state index in [0.29, 0.717) is 0 Å². The lowest BCUT2D eigenvalue weighted by Crippen LogP contribution is -2.01. The molecule has 0 fully saturated rings. The number of benzene rings is 25. The first kappa shape index (κ1) is 63.0. The van der Waals surface area contributed by atoms with Gasteiger partial charge in [0.15, 0.2) is 0 Å². The maximum atomic E-state index is 2.47. The fraction of sp³-hybridized carbons (Fsp3) is 0. The zero-order valence-corrected chi connectivity index (χ0v) is 62.1. The lowest BCUT2D eigenvalue weighted by atomic mass is 9.83. The van der Waals surface area contributed by atoms with E-state index in [1.165, 1.54) is 194 Å². The fourth-order valence-electron chi connectivity index (χ4n) is 20.4. The molecule has 522 valence electrons. The highest BCUT2D eigenvalue weighted by Gasteiger charge is 2.23. The van der Waals surface area contributed by atoms with Crippen molar-refractivity contribution >= 4 is 267 Å². The van der Waals surface area contributed by atoms with Crippen LogP contribution >= 0.6 is 0 Å². The Morgan fingerprint density at radius 2 is 0.211 bits per heavy atom. The predicted octanol–water partition coefficient (Wildman–Crippen LogP) is 32.1. The van der Waals surface area contributed by atoms with Gasteiger partial charge in [0.2, 0.25) is 0 Å². The van der Waals surface area contributed by atoms with Crippen LogP contribution in [0.1, 0.15) is 66.8 Å². The van der Waals surface area contributed by atoms with Gasteiger partial charge >= 0.3 is 0 Å². The zero-order chi connectivity index (χ0) is 74.4. The van der Waals surface area contributed by atoms with E-state index in [-0.39, 0.29) is 0 Å². The Morgan fingerprint density at radius 3 is 0.351 bits per heavy atom. The first-order valence-electron chi connectivity index (χ1n) is 39.8. The molecule has 0 saturated heterocycles. The van der Waals surface area contributed by atoms with Crippen molar-refractivity contribution in [2.24, 2.45) is 0 Å². The van der Waals surface area contributed by atoms with Gasteiger partial charge in [0.25, 0.3) is 0 Å². The van der Waals surface area contributed by atoms with Gasteiger partial charge < -0.3 is 0 Å². The van der Waals surface area contributed by atoms with Gasteiger partial charge in [-0.15, -0.1) is 0 Å². The summed E-state index contributed by atoms with van der Waals surface area (Å²) in [5, 5.41) is 45.3. The molecule has 0 nitrogen and oxygen atoms in total. The van der Waals surface area contributed by atoms with E-state index in [4.69, 9.17) is 0 Å². The minimum atomic E-state index is 1.09. The summed E-state index contributed by atoms with van der Waals surface area (Å²) in [5.41, 5.74) is 13.5. The number of rotatable bonds is 12. The van der Waals surface area contributed by atoms with Crippen molar-refractivity contribution in [1.29, 1.82) is 0 Å². The van der Waals surface area contributed by atoms with Crippen molar-refractivity contribution in [1.82, 2.24) is 0 Å². The molecule has 0 N–H and O–H groups in total. The van der Waals surface area contributed by atoms with Crippen LogP contribution in [0.25, 0.3) is 267 Å². The Morgan fingerprint density at radius 1 is 0.0965 bits per heavy atom. The molecule has 0 aliphatic carbocycles. The molecular formula is C114H66. The van der Waals surface area contributed by atoms with Crippen molar-refractivity contribution in [3.63, 3.8) is 0 Å². The molecule has 0 aromatic heterocycles. The van der Waals surface area contributed by atoms with E-state index in [1.807, 2.05) is 0 Å². The van der Waals surface area contributed by atoms with Crippen LogP contribution in [0.5, 0.6) is 0 Å². The van der Waals surface area contributed by atoms with Crippen LogP contribution in [0, 0.1) is 0 Å². The maximum absolute atomic E-state index is 2.47. The Hall–Kier alpha value is -14.8. The smallest absolute Gasteiger partial charge is 0.00208 e. The van der Waals surface area contributed by atoms with E-state index in [0.717, 1.165) is 66.8 Å². The molecule has 0 saturated carbocycles. The molecule has 25 aromatic rings. The van der Waals surface area contributed by atoms with Crippen LogP contribution in [-0.2, 0) is 0 Å². The molecule has 25 rings (SSSR count). The van der Waals surface area contributed by atoms with Gasteiger partial charge in [-0.25, -0.2) is 0 Å². The van der Waals surface area contributed by atoms with E-state index >= 15 is 0 Å². The third-order valence-electron chi connectivity index (χ3n) is 25.7. The van der Waals surface area contributed by atoms with Crippen LogP contribution < -0.4 is 0 Å². The largest absolute Gasteiger partial charge is 0.0610 e. The molecule has 0 radical (unpaired) electrons. The minimum absolute atomic E-state index is 1.09. The summed E-state index contributed by atoms with van der Waals surface area (Å²) in [7, 11) is 0. The van der Waals surface area contributed by atoms with Crippen molar-refractivity contribution in [2.45, 2.75) is 0 Å². The Bertz CT molecular complexity index is 7170. The maximum Gasteiger partial charge on any atom is -0.00208 e. The second-order valence-corrected chi connectivity index (χ2v) is 31.5. The highest BCUT2D eigenvalue weighted by atomic mass is 14.3. The summed E-state index contributed by atoms with van der Waals surface area (Å²) < 4.78 is 0. The number of hydrogen-bond acceptors (Lipinski definition) is 0. The van der Waals surface area contributed by atoms with Gasteiger partial charge in [0.05, 0.1) is 0 Å². The topological polar surface area (TPSA) is 0 Å². The summed E-state index contributed by atoms with van der Waals surface area (Å²) in [4.78, 5) is 0. The van der Waals surface area contributed by atoms with Gasteiger partial charge in [-0.2, -0.15) is 0 Å². The first-order chi connectivity index (χ1) is 56.5. The summed E-state index contributed by atoms with van der Waals surface area (Å²) >= 11 is 0. The van der Waals surface area contributed by atoms with Gasteiger partial charge in [-0.05, 0) is 261 Å². The normalized spacial score (nSPS) is 13.1. The zero-order valence-electron chi connectivity index (χ0n) is 62.1. The van der Waals surface area contributed by atoms with Crippen LogP contribution in [0.4, 0.5) is 0 Å². The summed E-state index contributed by atoms with van der Waals surface area (Å²) in [6.07, 6.45) is 29.3. The lowest BCUT2D eigenvalue weighted by Gasteiger charge is -2.21. The fourth-order valence-corrected chi connectivity index (χ4v) is 20.4. The molecule has 0 unspecified atom stereocenters. The summed E-state index contributed by atoms with van der Waals surface area (Å²) in [6.45, 7) is 0. The Kier molecular flexibility index (Phi) is 13.5. The van der Waals surface area contributed by atoms with E-state index < -0.39 is 0 Å². The number of hydrogen-bond donors (Lipinski definition) is 0. The standard InChI is InChI=1S/C114H66/c1-7-73-31-37-85-25-19-67(91-55-49-79(13-1)103(73)109(85)91)43-61-97-98(62-44-68-20-26-86-38-32-74-8-2-14-80-50-56-92(68)110(86)104(74)80)100(64-46-70-22-28-88-40-34-76-10-4-16-82-52-58-94(70)112(88)106(76)82)102(66-48-72-24-30-90-42-36-78-12-6-18-84-54-60-96(72)114(90)108(78)84)101(65-47-71-23-29-89-41-35-77-11-5-17-83-53-59-95(71)113(89)107(77)83)99(97)63-45-69-21-27-87-39-33-75-9-3-15-81-51-57-93(69)111(87)105(75)81/h1-66H/b61-43+,62-44+,63-45+,64-46+,65-47+,66-48+. The molecule has 0 heteroatoms. The van der Waals surface area contributed by atoms with Gasteiger partial charge in [0.1, 0.15) is 0 Å². The minimum Gasteiger partial charge on any atom is -0.0610 e. The lowest BCUT2D eigenvalue weighted by molar-refractivity contribution is 1.49. The SMILES string of the molecule is C(=C\c1ccc2ccc3cccc4ccc1c2c34)/c1c(/C=C/c2ccc3ccc4cccc5ccc2c3c45)c(/C=C/c2ccc3ccc4cccc5ccc2c3c45)c(/C=C/c2ccc3ccc4cccc5ccc2c3c45)c(/C=C/c2ccc3ccc4cccc5ccc2c3c45)c1/C=C/c1ccc2ccc3cccc4ccc1c2c34. The first-order valence-corrected chi connectivity index (χ1v) is 39.8. The third kappa shape index (κ3) is 9.40. The highest BCUT2D eigenvalue weighted by Crippen LogP contribution is 2.47. The molecule has 25 aromatic carbocycles. The van der Waals surface area contributed by atoms with Crippen LogP contribution in [0.3, 0.4) is 0 Å². The third-order valence-corrected chi connectivity index (χ3v) is 25.7. The molecular weight excluding hydrogens is 1370 g/mol. The molecule has 0 aliphatic heterocycles. The van der Waals surface area contributed by atoms with Crippen LogP contribution in [0.2, 0.25) is 0 Å². The molecule has 0 aliphatic rings. The van der Waals surface area contributed by atoms with Crippen molar-refractivity contribution in [3.05, 3.63) is 394 Å². The second-order valence-electron chi connectivity index (χ2n) is 31.5. The van der Waals surface area contributed by atoms with Gasteiger partial charge in [-0.3, -0.25) is 0 Å².